The van der Waals surface area contributed by atoms with Crippen molar-refractivity contribution in [3.63, 3.8) is 0 Å². The molecule has 1 amide bonds. The lowest BCUT2D eigenvalue weighted by molar-refractivity contribution is -0.126. The molecule has 0 bridgehead atoms. The van der Waals surface area contributed by atoms with Crippen molar-refractivity contribution in [2.45, 2.75) is 16.6 Å². The number of hydrogen-bond donors (Lipinski definition) is 1. The maximum absolute atomic E-state index is 12.4. The van der Waals surface area contributed by atoms with Crippen LogP contribution in [0.1, 0.15) is 6.42 Å². The number of ether oxygens (including phenoxy) is 1. The van der Waals surface area contributed by atoms with E-state index in [1.54, 1.807) is 30.1 Å². The molecule has 18 heavy (non-hydrogen) atoms. The number of benzene rings is 1. The predicted octanol–water partition coefficient (Wildman–Crippen LogP) is 0.616. The molecule has 2 N–H and O–H groups in total. The van der Waals surface area contributed by atoms with Crippen molar-refractivity contribution in [2.75, 3.05) is 26.4 Å². The van der Waals surface area contributed by atoms with Gasteiger partial charge in [-0.1, -0.05) is 0 Å². The first-order valence-corrected chi connectivity index (χ1v) is 6.85. The standard InChI is InChI=1S/C12H16N2O3S/c1-14-6-5-10(12(14)15)18(16)11-7-8(17-2)3-4-9(11)13/h3-4,7,10H,5-6,13H2,1-2H3. The largest absolute Gasteiger partial charge is 0.497 e. The van der Waals surface area contributed by atoms with Gasteiger partial charge in [0.2, 0.25) is 5.91 Å². The second kappa shape index (κ2) is 4.97. The molecule has 0 saturated carbocycles. The number of likely N-dealkylation sites (tertiary alicyclic amines) is 1. The Morgan fingerprint density at radius 3 is 2.78 bits per heavy atom. The van der Waals surface area contributed by atoms with Gasteiger partial charge in [0.05, 0.1) is 22.8 Å². The van der Waals surface area contributed by atoms with Gasteiger partial charge in [-0.05, 0) is 24.6 Å². The van der Waals surface area contributed by atoms with Crippen LogP contribution in [-0.2, 0) is 15.6 Å². The summed E-state index contributed by atoms with van der Waals surface area (Å²) >= 11 is 0. The summed E-state index contributed by atoms with van der Waals surface area (Å²) in [6.07, 6.45) is 0.596. The number of methoxy groups -OCH3 is 1. The molecule has 2 unspecified atom stereocenters. The quantitative estimate of drug-likeness (QED) is 0.815. The van der Waals surface area contributed by atoms with E-state index in [0.29, 0.717) is 29.3 Å². The van der Waals surface area contributed by atoms with Gasteiger partial charge < -0.3 is 15.4 Å². The Hall–Kier alpha value is -1.56. The lowest BCUT2D eigenvalue weighted by atomic mass is 10.3. The zero-order valence-corrected chi connectivity index (χ0v) is 11.2. The molecule has 1 aromatic rings. The number of nitrogens with two attached hydrogens (primary N) is 1. The number of carbonyl (C=O) groups is 1. The lowest BCUT2D eigenvalue weighted by Crippen LogP contribution is -2.28. The number of carbonyl (C=O) groups excluding carboxylic acids is 1. The Labute approximate surface area is 108 Å². The molecule has 0 aromatic heterocycles. The molecule has 1 aliphatic rings. The maximum atomic E-state index is 12.4. The zero-order valence-electron chi connectivity index (χ0n) is 10.4. The number of nitrogens with zero attached hydrogens (tertiary/aromatic N) is 1. The summed E-state index contributed by atoms with van der Waals surface area (Å²) in [7, 11) is 1.82. The molecule has 0 radical (unpaired) electrons. The van der Waals surface area contributed by atoms with E-state index in [1.165, 1.54) is 7.11 Å². The van der Waals surface area contributed by atoms with E-state index in [1.807, 2.05) is 0 Å². The molecule has 2 atom stereocenters. The van der Waals surface area contributed by atoms with Gasteiger partial charge in [-0.25, -0.2) is 0 Å². The van der Waals surface area contributed by atoms with E-state index in [4.69, 9.17) is 10.5 Å². The minimum atomic E-state index is -1.43. The summed E-state index contributed by atoms with van der Waals surface area (Å²) in [5.41, 5.74) is 6.25. The first-order chi connectivity index (χ1) is 8.54. The smallest absolute Gasteiger partial charge is 0.238 e. The van der Waals surface area contributed by atoms with Crippen molar-refractivity contribution in [2.24, 2.45) is 0 Å². The predicted molar refractivity (Wildman–Crippen MR) is 69.9 cm³/mol. The van der Waals surface area contributed by atoms with Gasteiger partial charge in [0.1, 0.15) is 11.0 Å². The summed E-state index contributed by atoms with van der Waals surface area (Å²) in [6, 6.07) is 4.99. The minimum Gasteiger partial charge on any atom is -0.497 e. The summed E-state index contributed by atoms with van der Waals surface area (Å²) in [5, 5.41) is -0.496. The van der Waals surface area contributed by atoms with Gasteiger partial charge >= 0.3 is 0 Å². The molecule has 1 heterocycles. The van der Waals surface area contributed by atoms with Gasteiger partial charge in [-0.15, -0.1) is 0 Å². The minimum absolute atomic E-state index is 0.0875. The van der Waals surface area contributed by atoms with Crippen molar-refractivity contribution in [1.29, 1.82) is 0 Å². The Morgan fingerprint density at radius 1 is 1.50 bits per heavy atom. The summed E-state index contributed by atoms with van der Waals surface area (Å²) in [6.45, 7) is 0.638. The van der Waals surface area contributed by atoms with Crippen molar-refractivity contribution in [3.8, 4) is 5.75 Å². The van der Waals surface area contributed by atoms with Crippen LogP contribution in [0.4, 0.5) is 5.69 Å². The summed E-state index contributed by atoms with van der Waals surface area (Å²) in [4.78, 5) is 13.9. The molecule has 6 heteroatoms. The third kappa shape index (κ3) is 2.20. The van der Waals surface area contributed by atoms with Crippen LogP contribution in [0.2, 0.25) is 0 Å². The van der Waals surface area contributed by atoms with Gasteiger partial charge in [-0.3, -0.25) is 9.00 Å². The van der Waals surface area contributed by atoms with Gasteiger partial charge in [0.25, 0.3) is 0 Å². The van der Waals surface area contributed by atoms with Crippen LogP contribution in [0, 0.1) is 0 Å². The molecule has 0 spiro atoms. The van der Waals surface area contributed by atoms with Crippen molar-refractivity contribution in [1.82, 2.24) is 4.90 Å². The molecule has 1 fully saturated rings. The van der Waals surface area contributed by atoms with Crippen LogP contribution in [-0.4, -0.2) is 41.0 Å². The first-order valence-electron chi connectivity index (χ1n) is 5.63. The first kappa shape index (κ1) is 12.9. The molecule has 1 aliphatic heterocycles. The van der Waals surface area contributed by atoms with E-state index < -0.39 is 16.0 Å². The molecule has 5 nitrogen and oxygen atoms in total. The van der Waals surface area contributed by atoms with E-state index in [-0.39, 0.29) is 5.91 Å². The van der Waals surface area contributed by atoms with E-state index in [9.17, 15) is 9.00 Å². The second-order valence-corrected chi connectivity index (χ2v) is 5.84. The Kier molecular flexibility index (Phi) is 3.56. The monoisotopic (exact) mass is 268 g/mol. The van der Waals surface area contributed by atoms with E-state index in [0.717, 1.165) is 0 Å². The second-order valence-electron chi connectivity index (χ2n) is 4.24. The van der Waals surface area contributed by atoms with Gasteiger partial charge in [0.15, 0.2) is 0 Å². The summed E-state index contributed by atoms with van der Waals surface area (Å²) < 4.78 is 17.5. The highest BCUT2D eigenvalue weighted by molar-refractivity contribution is 7.86. The lowest BCUT2D eigenvalue weighted by Gasteiger charge is -2.12. The zero-order chi connectivity index (χ0) is 13.3. The number of rotatable bonds is 3. The van der Waals surface area contributed by atoms with Gasteiger partial charge in [-0.2, -0.15) is 0 Å². The number of nitrogen functional groups attached to an aromatic ring is 1. The van der Waals surface area contributed by atoms with Crippen molar-refractivity contribution >= 4 is 22.4 Å². The third-order valence-corrected chi connectivity index (χ3v) is 4.82. The average Bonchev–Trinajstić information content (AvgIpc) is 2.70. The number of anilines is 1. The maximum Gasteiger partial charge on any atom is 0.238 e. The third-order valence-electron chi connectivity index (χ3n) is 3.07. The molecule has 2 rings (SSSR count). The number of hydrogen-bond acceptors (Lipinski definition) is 4. The highest BCUT2D eigenvalue weighted by Gasteiger charge is 2.35. The fourth-order valence-corrected chi connectivity index (χ4v) is 3.48. The molecule has 1 saturated heterocycles. The van der Waals surface area contributed by atoms with Crippen LogP contribution in [0.25, 0.3) is 0 Å². The normalized spacial score (nSPS) is 21.1. The Balaban J connectivity index is 2.31. The van der Waals surface area contributed by atoms with Crippen molar-refractivity contribution < 1.29 is 13.7 Å². The number of amides is 1. The van der Waals surface area contributed by atoms with Gasteiger partial charge in [0, 0.05) is 19.3 Å². The van der Waals surface area contributed by atoms with E-state index in [2.05, 4.69) is 0 Å². The highest BCUT2D eigenvalue weighted by Crippen LogP contribution is 2.27. The summed E-state index contributed by atoms with van der Waals surface area (Å²) in [5.74, 6) is 0.502. The van der Waals surface area contributed by atoms with Crippen molar-refractivity contribution in [3.05, 3.63) is 18.2 Å². The SMILES string of the molecule is COc1ccc(N)c(S(=O)C2CCN(C)C2=O)c1. The highest BCUT2D eigenvalue weighted by atomic mass is 32.2. The van der Waals surface area contributed by atoms with Crippen LogP contribution in [0.5, 0.6) is 5.75 Å². The molecular weight excluding hydrogens is 252 g/mol. The Morgan fingerprint density at radius 2 is 2.22 bits per heavy atom. The van der Waals surface area contributed by atoms with Crippen LogP contribution in [0.3, 0.4) is 0 Å². The Bertz CT molecular complexity index is 504. The van der Waals surface area contributed by atoms with Crippen LogP contribution >= 0.6 is 0 Å². The van der Waals surface area contributed by atoms with E-state index >= 15 is 0 Å². The van der Waals surface area contributed by atoms with Crippen LogP contribution < -0.4 is 10.5 Å². The average molecular weight is 268 g/mol. The fourth-order valence-electron chi connectivity index (χ4n) is 1.96. The molecule has 1 aromatic carbocycles. The molecule has 98 valence electrons. The fraction of sp³-hybridized carbons (Fsp3) is 0.417. The topological polar surface area (TPSA) is 72.6 Å². The van der Waals surface area contributed by atoms with Crippen LogP contribution in [0.15, 0.2) is 23.1 Å². The molecular formula is C12H16N2O3S. The molecule has 0 aliphatic carbocycles.